The van der Waals surface area contributed by atoms with Gasteiger partial charge in [0, 0.05) is 32.9 Å². The van der Waals surface area contributed by atoms with Crippen LogP contribution in [0, 0.1) is 6.92 Å². The third kappa shape index (κ3) is 3.46. The molecule has 0 saturated heterocycles. The fraction of sp³-hybridized carbons (Fsp3) is 0.353. The second-order valence-electron chi connectivity index (χ2n) is 5.63. The van der Waals surface area contributed by atoms with Crippen LogP contribution in [0.1, 0.15) is 11.4 Å². The van der Waals surface area contributed by atoms with Gasteiger partial charge in [-0.25, -0.2) is 0 Å². The highest BCUT2D eigenvalue weighted by atomic mass is 16.5. The number of methoxy groups -OCH3 is 1. The first-order valence-corrected chi connectivity index (χ1v) is 7.90. The van der Waals surface area contributed by atoms with E-state index in [1.54, 1.807) is 11.6 Å². The molecule has 0 aliphatic heterocycles. The first kappa shape index (κ1) is 16.2. The van der Waals surface area contributed by atoms with Gasteiger partial charge in [-0.3, -0.25) is 0 Å². The van der Waals surface area contributed by atoms with Gasteiger partial charge in [-0.1, -0.05) is 18.2 Å². The summed E-state index contributed by atoms with van der Waals surface area (Å²) in [5.74, 6) is 1.56. The van der Waals surface area contributed by atoms with Gasteiger partial charge in [0.15, 0.2) is 11.5 Å². The lowest BCUT2D eigenvalue weighted by molar-refractivity contribution is 0.206. The highest BCUT2D eigenvalue weighted by Crippen LogP contribution is 2.20. The molecule has 2 aromatic heterocycles. The minimum Gasteiger partial charge on any atom is -0.383 e. The van der Waals surface area contributed by atoms with Crippen molar-refractivity contribution in [1.82, 2.24) is 19.8 Å². The quantitative estimate of drug-likeness (QED) is 0.717. The number of fused-ring (bicyclic) bond motifs is 1. The van der Waals surface area contributed by atoms with Crippen LogP contribution in [0.25, 0.3) is 5.65 Å². The van der Waals surface area contributed by atoms with E-state index in [4.69, 9.17) is 4.74 Å². The summed E-state index contributed by atoms with van der Waals surface area (Å²) >= 11 is 0. The van der Waals surface area contributed by atoms with E-state index < -0.39 is 0 Å². The smallest absolute Gasteiger partial charge is 0.178 e. The predicted molar refractivity (Wildman–Crippen MR) is 94.4 cm³/mol. The Morgan fingerprint density at radius 1 is 1.17 bits per heavy atom. The minimum absolute atomic E-state index is 0.688. The Morgan fingerprint density at radius 3 is 2.83 bits per heavy atom. The summed E-state index contributed by atoms with van der Waals surface area (Å²) in [5, 5.41) is 16.0. The van der Waals surface area contributed by atoms with Crippen molar-refractivity contribution < 1.29 is 4.74 Å². The molecule has 3 aromatic rings. The van der Waals surface area contributed by atoms with Crippen molar-refractivity contribution in [3.05, 3.63) is 47.8 Å². The number of aryl methyl sites for hydroxylation is 1. The molecule has 0 radical (unpaired) electrons. The molecule has 0 amide bonds. The molecule has 7 nitrogen and oxygen atoms in total. The average Bonchev–Trinajstić information content (AvgIpc) is 2.99. The van der Waals surface area contributed by atoms with Crippen molar-refractivity contribution in [2.75, 3.05) is 37.5 Å². The lowest BCUT2D eigenvalue weighted by Gasteiger charge is -2.22. The third-order valence-electron chi connectivity index (χ3n) is 3.91. The summed E-state index contributed by atoms with van der Waals surface area (Å²) in [6.07, 6.45) is 0. The number of likely N-dealkylation sites (N-methyl/N-ethyl adjacent to an activating group) is 1. The zero-order valence-electron chi connectivity index (χ0n) is 14.2. The number of nitrogens with zero attached hydrogens (tertiary/aromatic N) is 5. The predicted octanol–water partition coefficient (Wildman–Crippen LogP) is 2.13. The molecule has 1 N–H and O–H groups in total. The lowest BCUT2D eigenvalue weighted by atomic mass is 10.1. The molecule has 0 saturated carbocycles. The van der Waals surface area contributed by atoms with Gasteiger partial charge in [-0.15, -0.1) is 15.3 Å². The maximum atomic E-state index is 5.17. The third-order valence-corrected chi connectivity index (χ3v) is 3.91. The molecule has 1 aromatic carbocycles. The molecule has 0 atom stereocenters. The molecular weight excluding hydrogens is 304 g/mol. The fourth-order valence-electron chi connectivity index (χ4n) is 2.56. The SMILES string of the molecule is COCCN(C)c1ccccc1CNc1ccc2nnc(C)n2n1. The van der Waals surface area contributed by atoms with Crippen molar-refractivity contribution in [1.29, 1.82) is 0 Å². The topological polar surface area (TPSA) is 67.6 Å². The molecule has 0 aliphatic rings. The van der Waals surface area contributed by atoms with Crippen LogP contribution in [-0.4, -0.2) is 47.1 Å². The van der Waals surface area contributed by atoms with Gasteiger partial charge in [0.25, 0.3) is 0 Å². The molecule has 2 heterocycles. The molecule has 0 spiro atoms. The van der Waals surface area contributed by atoms with Gasteiger partial charge in [-0.05, 0) is 30.7 Å². The van der Waals surface area contributed by atoms with Crippen molar-refractivity contribution in [2.45, 2.75) is 13.5 Å². The Kier molecular flexibility index (Phi) is 4.90. The maximum Gasteiger partial charge on any atom is 0.178 e. The van der Waals surface area contributed by atoms with E-state index in [1.807, 2.05) is 31.2 Å². The molecule has 24 heavy (non-hydrogen) atoms. The van der Waals surface area contributed by atoms with Crippen molar-refractivity contribution in [3.8, 4) is 0 Å². The van der Waals surface area contributed by atoms with Crippen LogP contribution < -0.4 is 10.2 Å². The normalized spacial score (nSPS) is 11.0. The zero-order valence-corrected chi connectivity index (χ0v) is 14.2. The largest absolute Gasteiger partial charge is 0.383 e. The molecule has 126 valence electrons. The Bertz CT molecular complexity index is 816. The summed E-state index contributed by atoms with van der Waals surface area (Å²) < 4.78 is 6.90. The number of benzene rings is 1. The number of aromatic nitrogens is 4. The first-order valence-electron chi connectivity index (χ1n) is 7.90. The van der Waals surface area contributed by atoms with Crippen LogP contribution in [0.4, 0.5) is 11.5 Å². The standard InChI is InChI=1S/C17H22N6O/c1-13-19-20-17-9-8-16(21-23(13)17)18-12-14-6-4-5-7-15(14)22(2)10-11-24-3/h4-9H,10-12H2,1-3H3,(H,18,21). The summed E-state index contributed by atoms with van der Waals surface area (Å²) in [5.41, 5.74) is 3.14. The molecule has 3 rings (SSSR count). The van der Waals surface area contributed by atoms with Crippen molar-refractivity contribution in [3.63, 3.8) is 0 Å². The number of para-hydroxylation sites is 1. The second kappa shape index (κ2) is 7.27. The van der Waals surface area contributed by atoms with Crippen LogP contribution in [0.5, 0.6) is 0 Å². The molecule has 0 fully saturated rings. The molecule has 0 bridgehead atoms. The van der Waals surface area contributed by atoms with Crippen LogP contribution in [-0.2, 0) is 11.3 Å². The van der Waals surface area contributed by atoms with Crippen molar-refractivity contribution in [2.24, 2.45) is 0 Å². The Labute approximate surface area is 141 Å². The monoisotopic (exact) mass is 326 g/mol. The Morgan fingerprint density at radius 2 is 2.00 bits per heavy atom. The van der Waals surface area contributed by atoms with Gasteiger partial charge in [0.05, 0.1) is 6.61 Å². The van der Waals surface area contributed by atoms with Crippen LogP contribution in [0.3, 0.4) is 0 Å². The zero-order chi connectivity index (χ0) is 16.9. The van der Waals surface area contributed by atoms with Gasteiger partial charge < -0.3 is 15.0 Å². The molecule has 7 heteroatoms. The van der Waals surface area contributed by atoms with E-state index >= 15 is 0 Å². The number of rotatable bonds is 7. The highest BCUT2D eigenvalue weighted by Gasteiger charge is 2.08. The van der Waals surface area contributed by atoms with Gasteiger partial charge >= 0.3 is 0 Å². The van der Waals surface area contributed by atoms with Crippen LogP contribution >= 0.6 is 0 Å². The summed E-state index contributed by atoms with van der Waals surface area (Å²) in [4.78, 5) is 2.20. The van der Waals surface area contributed by atoms with Gasteiger partial charge in [0.2, 0.25) is 0 Å². The number of anilines is 2. The lowest BCUT2D eigenvalue weighted by Crippen LogP contribution is -2.23. The number of nitrogens with one attached hydrogen (secondary N) is 1. The van der Waals surface area contributed by atoms with Crippen LogP contribution in [0.15, 0.2) is 36.4 Å². The number of hydrogen-bond donors (Lipinski definition) is 1. The number of ether oxygens (including phenoxy) is 1. The summed E-state index contributed by atoms with van der Waals surface area (Å²) in [6.45, 7) is 4.12. The molecule has 0 unspecified atom stereocenters. The summed E-state index contributed by atoms with van der Waals surface area (Å²) in [7, 11) is 3.79. The van der Waals surface area contributed by atoms with E-state index in [1.165, 1.54) is 11.3 Å². The van der Waals surface area contributed by atoms with Gasteiger partial charge in [0.1, 0.15) is 5.82 Å². The highest BCUT2D eigenvalue weighted by molar-refractivity contribution is 5.54. The minimum atomic E-state index is 0.688. The Balaban J connectivity index is 1.74. The van der Waals surface area contributed by atoms with Crippen molar-refractivity contribution >= 4 is 17.2 Å². The summed E-state index contributed by atoms with van der Waals surface area (Å²) in [6, 6.07) is 12.2. The van der Waals surface area contributed by atoms with E-state index in [0.29, 0.717) is 13.2 Å². The second-order valence-corrected chi connectivity index (χ2v) is 5.63. The van der Waals surface area contributed by atoms with E-state index in [9.17, 15) is 0 Å². The van der Waals surface area contributed by atoms with E-state index in [0.717, 1.165) is 23.8 Å². The van der Waals surface area contributed by atoms with E-state index in [-0.39, 0.29) is 0 Å². The number of hydrogen-bond acceptors (Lipinski definition) is 6. The van der Waals surface area contributed by atoms with Gasteiger partial charge in [-0.2, -0.15) is 4.52 Å². The molecular formula is C17H22N6O. The van der Waals surface area contributed by atoms with Crippen LogP contribution in [0.2, 0.25) is 0 Å². The Hall–Kier alpha value is -2.67. The maximum absolute atomic E-state index is 5.17. The molecule has 0 aliphatic carbocycles. The van der Waals surface area contributed by atoms with E-state index in [2.05, 4.69) is 44.7 Å². The average molecular weight is 326 g/mol. The first-order chi connectivity index (χ1) is 11.7. The fourth-order valence-corrected chi connectivity index (χ4v) is 2.56.